The van der Waals surface area contributed by atoms with Crippen molar-refractivity contribution in [2.75, 3.05) is 0 Å². The van der Waals surface area contributed by atoms with E-state index in [0.717, 1.165) is 5.57 Å². The van der Waals surface area contributed by atoms with Gasteiger partial charge in [0, 0.05) is 16.8 Å². The van der Waals surface area contributed by atoms with Crippen LogP contribution in [0.25, 0.3) is 17.3 Å². The van der Waals surface area contributed by atoms with Crippen LogP contribution in [0.15, 0.2) is 76.3 Å². The molecule has 3 nitrogen and oxygen atoms in total. The van der Waals surface area contributed by atoms with Gasteiger partial charge < -0.3 is 4.42 Å². The van der Waals surface area contributed by atoms with Gasteiger partial charge in [-0.15, -0.1) is 0 Å². The molecule has 2 aromatic rings. The van der Waals surface area contributed by atoms with E-state index in [2.05, 4.69) is 11.6 Å². The Kier molecular flexibility index (Phi) is 4.40. The lowest BCUT2D eigenvalue weighted by Gasteiger charge is -2.06. The standard InChI is InChI=1S/C19H14ClNO2/c1-13-5-3-2-4-6-15-18(8-7-13)23-12-16(19(15)22)17-11-14(20)9-10-21-17/h2-5,7-12H,1,6H2/b4-2-,5-3-,8-7-. The lowest BCUT2D eigenvalue weighted by molar-refractivity contribution is 0.533. The molecule has 1 aliphatic rings. The molecule has 0 fully saturated rings. The summed E-state index contributed by atoms with van der Waals surface area (Å²) < 4.78 is 5.67. The van der Waals surface area contributed by atoms with E-state index in [0.29, 0.717) is 34.0 Å². The lowest BCUT2D eigenvalue weighted by Crippen LogP contribution is -2.13. The first-order chi connectivity index (χ1) is 11.1. The number of halogens is 1. The van der Waals surface area contributed by atoms with Gasteiger partial charge in [-0.05, 0) is 30.2 Å². The van der Waals surface area contributed by atoms with Crippen LogP contribution < -0.4 is 5.43 Å². The lowest BCUT2D eigenvalue weighted by atomic mass is 10.0. The number of pyridine rings is 1. The molecular formula is C19H14ClNO2. The maximum absolute atomic E-state index is 12.8. The second kappa shape index (κ2) is 6.63. The van der Waals surface area contributed by atoms with E-state index in [1.165, 1.54) is 6.26 Å². The molecule has 4 heteroatoms. The Bertz CT molecular complexity index is 904. The van der Waals surface area contributed by atoms with E-state index in [1.54, 1.807) is 24.4 Å². The van der Waals surface area contributed by atoms with Crippen LogP contribution in [-0.4, -0.2) is 4.98 Å². The zero-order valence-electron chi connectivity index (χ0n) is 12.3. The SMILES string of the molecule is C=C1/C=C\C=C/Cc2c(occ(-c3cc(Cl)ccn3)c2=O)/C=C\1. The third kappa shape index (κ3) is 3.41. The zero-order valence-corrected chi connectivity index (χ0v) is 13.1. The smallest absolute Gasteiger partial charge is 0.198 e. The van der Waals surface area contributed by atoms with Crippen LogP contribution in [0.1, 0.15) is 11.3 Å². The Balaban J connectivity index is 2.15. The topological polar surface area (TPSA) is 43.1 Å². The van der Waals surface area contributed by atoms with E-state index in [1.807, 2.05) is 30.4 Å². The van der Waals surface area contributed by atoms with Crippen LogP contribution in [0.2, 0.25) is 5.02 Å². The molecule has 0 N–H and O–H groups in total. The van der Waals surface area contributed by atoms with Gasteiger partial charge >= 0.3 is 0 Å². The predicted molar refractivity (Wildman–Crippen MR) is 93.4 cm³/mol. The van der Waals surface area contributed by atoms with Gasteiger partial charge in [-0.1, -0.05) is 48.6 Å². The fraction of sp³-hybridized carbons (Fsp3) is 0.0526. The Hall–Kier alpha value is -2.65. The number of fused-ring (bicyclic) bond motifs is 1. The summed E-state index contributed by atoms with van der Waals surface area (Å²) in [6.07, 6.45) is 14.6. The van der Waals surface area contributed by atoms with Gasteiger partial charge in [-0.3, -0.25) is 9.78 Å². The predicted octanol–water partition coefficient (Wildman–Crippen LogP) is 4.59. The molecule has 0 unspecified atom stereocenters. The van der Waals surface area contributed by atoms with Gasteiger partial charge in [0.15, 0.2) is 5.43 Å². The average molecular weight is 324 g/mol. The number of allylic oxidation sites excluding steroid dienone is 6. The summed E-state index contributed by atoms with van der Waals surface area (Å²) in [6, 6.07) is 3.31. The highest BCUT2D eigenvalue weighted by Crippen LogP contribution is 2.21. The monoisotopic (exact) mass is 323 g/mol. The summed E-state index contributed by atoms with van der Waals surface area (Å²) in [6.45, 7) is 3.91. The molecular weight excluding hydrogens is 310 g/mol. The molecule has 0 aromatic carbocycles. The molecule has 114 valence electrons. The first-order valence-electron chi connectivity index (χ1n) is 7.12. The highest BCUT2D eigenvalue weighted by molar-refractivity contribution is 6.30. The first-order valence-corrected chi connectivity index (χ1v) is 7.50. The van der Waals surface area contributed by atoms with Crippen LogP contribution in [-0.2, 0) is 6.42 Å². The molecule has 0 radical (unpaired) electrons. The number of nitrogens with zero attached hydrogens (tertiary/aromatic N) is 1. The number of rotatable bonds is 1. The summed E-state index contributed by atoms with van der Waals surface area (Å²) in [5.41, 5.74) is 2.21. The van der Waals surface area contributed by atoms with Crippen LogP contribution in [0.5, 0.6) is 0 Å². The molecule has 0 spiro atoms. The Morgan fingerprint density at radius 3 is 2.91 bits per heavy atom. The van der Waals surface area contributed by atoms with E-state index < -0.39 is 0 Å². The Labute approximate surface area is 138 Å². The molecule has 0 amide bonds. The van der Waals surface area contributed by atoms with Gasteiger partial charge in [-0.2, -0.15) is 0 Å². The quantitative estimate of drug-likeness (QED) is 0.770. The minimum atomic E-state index is -0.106. The summed E-state index contributed by atoms with van der Waals surface area (Å²) in [5.74, 6) is 0.530. The largest absolute Gasteiger partial charge is 0.464 e. The van der Waals surface area contributed by atoms with Crippen molar-refractivity contribution in [3.63, 3.8) is 0 Å². The third-order valence-electron chi connectivity index (χ3n) is 3.45. The highest BCUT2D eigenvalue weighted by atomic mass is 35.5. The molecule has 0 bridgehead atoms. The number of aromatic nitrogens is 1. The summed E-state index contributed by atoms with van der Waals surface area (Å²) in [5, 5.41) is 0.524. The average Bonchev–Trinajstić information content (AvgIpc) is 2.54. The van der Waals surface area contributed by atoms with Crippen LogP contribution in [0.4, 0.5) is 0 Å². The van der Waals surface area contributed by atoms with Gasteiger partial charge in [0.05, 0.1) is 11.3 Å². The molecule has 0 saturated carbocycles. The fourth-order valence-electron chi connectivity index (χ4n) is 2.27. The van der Waals surface area contributed by atoms with Crippen molar-refractivity contribution in [1.29, 1.82) is 0 Å². The van der Waals surface area contributed by atoms with Crippen molar-refractivity contribution in [3.05, 3.63) is 93.7 Å². The minimum Gasteiger partial charge on any atom is -0.464 e. The van der Waals surface area contributed by atoms with Crippen LogP contribution in [0, 0.1) is 0 Å². The number of hydrogen-bond acceptors (Lipinski definition) is 3. The van der Waals surface area contributed by atoms with Crippen LogP contribution >= 0.6 is 11.6 Å². The molecule has 23 heavy (non-hydrogen) atoms. The minimum absolute atomic E-state index is 0.106. The Morgan fingerprint density at radius 1 is 1.22 bits per heavy atom. The van der Waals surface area contributed by atoms with Crippen molar-refractivity contribution in [2.24, 2.45) is 0 Å². The molecule has 2 aromatic heterocycles. The maximum Gasteiger partial charge on any atom is 0.198 e. The third-order valence-corrected chi connectivity index (χ3v) is 3.68. The molecule has 2 heterocycles. The second-order valence-corrected chi connectivity index (χ2v) is 5.52. The van der Waals surface area contributed by atoms with Crippen LogP contribution in [0.3, 0.4) is 0 Å². The molecule has 1 aliphatic carbocycles. The highest BCUT2D eigenvalue weighted by Gasteiger charge is 2.14. The van der Waals surface area contributed by atoms with Crippen molar-refractivity contribution < 1.29 is 4.42 Å². The van der Waals surface area contributed by atoms with Crippen molar-refractivity contribution >= 4 is 17.7 Å². The van der Waals surface area contributed by atoms with E-state index in [4.69, 9.17) is 16.0 Å². The van der Waals surface area contributed by atoms with E-state index in [9.17, 15) is 4.79 Å². The van der Waals surface area contributed by atoms with Gasteiger partial charge in [-0.25, -0.2) is 0 Å². The summed E-state index contributed by atoms with van der Waals surface area (Å²) >= 11 is 5.98. The van der Waals surface area contributed by atoms with Gasteiger partial charge in [0.1, 0.15) is 12.0 Å². The summed E-state index contributed by atoms with van der Waals surface area (Å²) in [4.78, 5) is 17.0. The second-order valence-electron chi connectivity index (χ2n) is 5.08. The summed E-state index contributed by atoms with van der Waals surface area (Å²) in [7, 11) is 0. The fourth-order valence-corrected chi connectivity index (χ4v) is 2.43. The molecule has 0 aliphatic heterocycles. The normalized spacial score (nSPS) is 18.0. The molecule has 3 rings (SSSR count). The van der Waals surface area contributed by atoms with Gasteiger partial charge in [0.2, 0.25) is 0 Å². The van der Waals surface area contributed by atoms with E-state index >= 15 is 0 Å². The Morgan fingerprint density at radius 2 is 2.09 bits per heavy atom. The molecule has 0 saturated heterocycles. The zero-order chi connectivity index (χ0) is 16.2. The van der Waals surface area contributed by atoms with Crippen molar-refractivity contribution in [1.82, 2.24) is 4.98 Å². The van der Waals surface area contributed by atoms with E-state index in [-0.39, 0.29) is 5.43 Å². The maximum atomic E-state index is 12.8. The van der Waals surface area contributed by atoms with Crippen molar-refractivity contribution in [2.45, 2.75) is 6.42 Å². The molecule has 0 atom stereocenters. The van der Waals surface area contributed by atoms with Crippen molar-refractivity contribution in [3.8, 4) is 11.3 Å². The van der Waals surface area contributed by atoms with Gasteiger partial charge in [0.25, 0.3) is 0 Å². The first kappa shape index (κ1) is 15.3. The number of hydrogen-bond donors (Lipinski definition) is 0.